The number of hydrogen-bond acceptors (Lipinski definition) is 0. The molecule has 0 fully saturated rings. The molecule has 0 spiro atoms. The van der Waals surface area contributed by atoms with Crippen LogP contribution in [-0.2, 0) is 5.41 Å². The molecule has 55 heavy (non-hydrogen) atoms. The zero-order valence-electron chi connectivity index (χ0n) is 30.1. The van der Waals surface area contributed by atoms with E-state index in [2.05, 4.69) is 206 Å². The van der Waals surface area contributed by atoms with Crippen LogP contribution in [0.3, 0.4) is 0 Å². The first-order chi connectivity index (χ1) is 27.3. The van der Waals surface area contributed by atoms with Gasteiger partial charge in [0.15, 0.2) is 0 Å². The van der Waals surface area contributed by atoms with Crippen molar-refractivity contribution in [1.82, 2.24) is 0 Å². The van der Waals surface area contributed by atoms with Crippen molar-refractivity contribution in [2.75, 3.05) is 0 Å². The summed E-state index contributed by atoms with van der Waals surface area (Å²) in [5.41, 5.74) is 12.3. The summed E-state index contributed by atoms with van der Waals surface area (Å²) in [6.07, 6.45) is 0. The lowest BCUT2D eigenvalue weighted by Gasteiger charge is -2.35. The van der Waals surface area contributed by atoms with Crippen molar-refractivity contribution in [1.29, 1.82) is 0 Å². The molecule has 11 aromatic carbocycles. The Labute approximate surface area is 319 Å². The Morgan fingerprint density at radius 2 is 0.800 bits per heavy atom. The predicted molar refractivity (Wildman–Crippen MR) is 233 cm³/mol. The second-order valence-corrected chi connectivity index (χ2v) is 15.2. The quantitative estimate of drug-likeness (QED) is 0.161. The van der Waals surface area contributed by atoms with Crippen LogP contribution in [0.2, 0.25) is 0 Å². The lowest BCUT2D eigenvalue weighted by Crippen LogP contribution is -2.29. The second kappa shape index (κ2) is 11.5. The molecule has 0 atom stereocenters. The van der Waals surface area contributed by atoms with Gasteiger partial charge < -0.3 is 0 Å². The standard InChI is InChI=1S/C55H34/c1-3-15-42(16-4-1)55(43-17-5-2-6-18-43)51-34-41(45-28-25-38-23-22-36-13-9-14-37-26-30-48(45)53(38)52(36)37)27-29-47(51)50-32-31-46-44(19-10-20-49(46)54(50)55)40-24-21-35-11-7-8-12-39(35)33-40/h1-34H. The molecule has 0 aliphatic heterocycles. The Balaban J connectivity index is 1.17. The van der Waals surface area contributed by atoms with Crippen molar-refractivity contribution in [2.45, 2.75) is 5.41 Å². The molecule has 0 aromatic heterocycles. The van der Waals surface area contributed by atoms with Gasteiger partial charge in [0.05, 0.1) is 5.41 Å². The van der Waals surface area contributed by atoms with Crippen LogP contribution in [0.1, 0.15) is 22.3 Å². The smallest absolute Gasteiger partial charge is 0.0622 e. The van der Waals surface area contributed by atoms with E-state index in [1.807, 2.05) is 0 Å². The molecule has 0 radical (unpaired) electrons. The Morgan fingerprint density at radius 3 is 1.58 bits per heavy atom. The van der Waals surface area contributed by atoms with Crippen LogP contribution in [0.15, 0.2) is 206 Å². The van der Waals surface area contributed by atoms with E-state index in [0.717, 1.165) is 0 Å². The fraction of sp³-hybridized carbons (Fsp3) is 0.0182. The average Bonchev–Trinajstić information content (AvgIpc) is 3.56. The first-order valence-corrected chi connectivity index (χ1v) is 19.3. The number of benzene rings is 11. The van der Waals surface area contributed by atoms with Crippen LogP contribution in [-0.4, -0.2) is 0 Å². The fourth-order valence-electron chi connectivity index (χ4n) is 10.1. The van der Waals surface area contributed by atoms with Crippen LogP contribution in [0.4, 0.5) is 0 Å². The summed E-state index contributed by atoms with van der Waals surface area (Å²) in [5.74, 6) is 0. The van der Waals surface area contributed by atoms with Gasteiger partial charge in [0.2, 0.25) is 0 Å². The molecule has 12 rings (SSSR count). The minimum absolute atomic E-state index is 0.547. The molecule has 0 nitrogen and oxygen atoms in total. The number of fused-ring (bicyclic) bond motifs is 6. The van der Waals surface area contributed by atoms with Crippen LogP contribution >= 0.6 is 0 Å². The second-order valence-electron chi connectivity index (χ2n) is 15.2. The summed E-state index contributed by atoms with van der Waals surface area (Å²) in [5, 5.41) is 12.9. The Morgan fingerprint density at radius 1 is 0.273 bits per heavy atom. The minimum Gasteiger partial charge on any atom is -0.0622 e. The SMILES string of the molecule is c1ccc(C2(c3ccccc3)c3cc(-c4ccc5ccc6cccc7ccc4c5c67)ccc3-c3ccc4c(-c5ccc6ccccc6c5)cccc4c32)cc1. The van der Waals surface area contributed by atoms with Crippen molar-refractivity contribution in [3.05, 3.63) is 229 Å². The Hall–Kier alpha value is -7.02. The van der Waals surface area contributed by atoms with Gasteiger partial charge in [-0.15, -0.1) is 0 Å². The summed E-state index contributed by atoms with van der Waals surface area (Å²) < 4.78 is 0. The maximum atomic E-state index is 2.51. The summed E-state index contributed by atoms with van der Waals surface area (Å²) in [6.45, 7) is 0. The van der Waals surface area contributed by atoms with Crippen molar-refractivity contribution >= 4 is 53.9 Å². The van der Waals surface area contributed by atoms with Crippen LogP contribution in [0, 0.1) is 0 Å². The molecule has 0 amide bonds. The minimum atomic E-state index is -0.547. The van der Waals surface area contributed by atoms with E-state index in [-0.39, 0.29) is 0 Å². The van der Waals surface area contributed by atoms with Gasteiger partial charge in [0.25, 0.3) is 0 Å². The van der Waals surface area contributed by atoms with E-state index in [9.17, 15) is 0 Å². The van der Waals surface area contributed by atoms with Crippen molar-refractivity contribution in [2.24, 2.45) is 0 Å². The average molecular weight is 695 g/mol. The predicted octanol–water partition coefficient (Wildman–Crippen LogP) is 14.6. The van der Waals surface area contributed by atoms with Gasteiger partial charge in [-0.25, -0.2) is 0 Å². The van der Waals surface area contributed by atoms with E-state index >= 15 is 0 Å². The first-order valence-electron chi connectivity index (χ1n) is 19.3. The maximum Gasteiger partial charge on any atom is 0.0719 e. The highest BCUT2D eigenvalue weighted by molar-refractivity contribution is 6.25. The lowest BCUT2D eigenvalue weighted by atomic mass is 9.66. The van der Waals surface area contributed by atoms with Crippen molar-refractivity contribution < 1.29 is 0 Å². The summed E-state index contributed by atoms with van der Waals surface area (Å²) in [6, 6.07) is 77.4. The molecule has 1 aliphatic carbocycles. The van der Waals surface area contributed by atoms with Gasteiger partial charge in [-0.05, 0) is 122 Å². The van der Waals surface area contributed by atoms with E-state index in [4.69, 9.17) is 0 Å². The lowest BCUT2D eigenvalue weighted by molar-refractivity contribution is 0.776. The normalized spacial score (nSPS) is 13.2. The van der Waals surface area contributed by atoms with Crippen molar-refractivity contribution in [3.63, 3.8) is 0 Å². The molecule has 0 saturated carbocycles. The van der Waals surface area contributed by atoms with Crippen molar-refractivity contribution in [3.8, 4) is 33.4 Å². The largest absolute Gasteiger partial charge is 0.0719 e. The maximum absolute atomic E-state index is 2.51. The van der Waals surface area contributed by atoms with Crippen LogP contribution in [0.5, 0.6) is 0 Å². The highest BCUT2D eigenvalue weighted by Crippen LogP contribution is 2.59. The van der Waals surface area contributed by atoms with Crippen LogP contribution < -0.4 is 0 Å². The third-order valence-corrected chi connectivity index (χ3v) is 12.5. The fourth-order valence-corrected chi connectivity index (χ4v) is 10.1. The third kappa shape index (κ3) is 4.23. The molecule has 0 bridgehead atoms. The topological polar surface area (TPSA) is 0 Å². The van der Waals surface area contributed by atoms with E-state index in [1.54, 1.807) is 0 Å². The molecular formula is C55H34. The van der Waals surface area contributed by atoms with E-state index in [1.165, 1.54) is 109 Å². The molecule has 0 heteroatoms. The molecular weight excluding hydrogens is 661 g/mol. The highest BCUT2D eigenvalue weighted by atomic mass is 14.5. The van der Waals surface area contributed by atoms with Gasteiger partial charge in [0, 0.05) is 0 Å². The molecule has 11 aromatic rings. The first kappa shape index (κ1) is 30.4. The molecule has 0 saturated heterocycles. The molecule has 0 heterocycles. The third-order valence-electron chi connectivity index (χ3n) is 12.5. The molecule has 254 valence electrons. The van der Waals surface area contributed by atoms with Crippen LogP contribution in [0.25, 0.3) is 87.2 Å². The summed E-state index contributed by atoms with van der Waals surface area (Å²) in [7, 11) is 0. The number of hydrogen-bond donors (Lipinski definition) is 0. The zero-order chi connectivity index (χ0) is 36.1. The van der Waals surface area contributed by atoms with E-state index in [0.29, 0.717) is 0 Å². The zero-order valence-corrected chi connectivity index (χ0v) is 30.1. The summed E-state index contributed by atoms with van der Waals surface area (Å²) >= 11 is 0. The molecule has 0 unspecified atom stereocenters. The summed E-state index contributed by atoms with van der Waals surface area (Å²) in [4.78, 5) is 0. The Kier molecular flexibility index (Phi) is 6.36. The van der Waals surface area contributed by atoms with Gasteiger partial charge in [-0.1, -0.05) is 194 Å². The number of rotatable bonds is 4. The van der Waals surface area contributed by atoms with Gasteiger partial charge in [-0.3, -0.25) is 0 Å². The molecule has 1 aliphatic rings. The van der Waals surface area contributed by atoms with Gasteiger partial charge >= 0.3 is 0 Å². The van der Waals surface area contributed by atoms with E-state index < -0.39 is 5.41 Å². The monoisotopic (exact) mass is 694 g/mol. The Bertz CT molecular complexity index is 3240. The molecule has 0 N–H and O–H groups in total. The van der Waals surface area contributed by atoms with Gasteiger partial charge in [0.1, 0.15) is 0 Å². The van der Waals surface area contributed by atoms with Gasteiger partial charge in [-0.2, -0.15) is 0 Å². The highest BCUT2D eigenvalue weighted by Gasteiger charge is 2.47.